The first-order valence-electron chi connectivity index (χ1n) is 10.2. The van der Waals surface area contributed by atoms with Gasteiger partial charge in [-0.3, -0.25) is 14.6 Å². The van der Waals surface area contributed by atoms with E-state index in [0.29, 0.717) is 12.5 Å². The summed E-state index contributed by atoms with van der Waals surface area (Å²) in [6.07, 6.45) is 2.76. The van der Waals surface area contributed by atoms with Crippen LogP contribution in [0.3, 0.4) is 0 Å². The highest BCUT2D eigenvalue weighted by Crippen LogP contribution is 2.34. The van der Waals surface area contributed by atoms with Crippen LogP contribution in [0.15, 0.2) is 11.2 Å². The monoisotopic (exact) mass is 544 g/mol. The molecule has 2 aliphatic rings. The van der Waals surface area contributed by atoms with Crippen molar-refractivity contribution in [2.75, 3.05) is 39.9 Å². The van der Waals surface area contributed by atoms with Crippen LogP contribution in [0.1, 0.15) is 43.4 Å². The Labute approximate surface area is 192 Å². The molecular weight excluding hydrogens is 512 g/mol. The van der Waals surface area contributed by atoms with Crippen molar-refractivity contribution in [1.82, 2.24) is 25.3 Å². The smallest absolute Gasteiger partial charge is 0.379 e. The summed E-state index contributed by atoms with van der Waals surface area (Å²) in [5.74, 6) is 0.500. The van der Waals surface area contributed by atoms with Crippen molar-refractivity contribution in [3.8, 4) is 0 Å². The molecule has 0 bridgehead atoms. The van der Waals surface area contributed by atoms with Crippen molar-refractivity contribution in [2.45, 2.75) is 50.4 Å². The summed E-state index contributed by atoms with van der Waals surface area (Å²) in [7, 11) is 3.12. The number of hydrogen-bond donors (Lipinski definition) is 2. The number of aryl methyl sites for hydroxylation is 1. The van der Waals surface area contributed by atoms with Crippen LogP contribution >= 0.6 is 24.0 Å². The zero-order valence-corrected chi connectivity index (χ0v) is 19.9. The highest BCUT2D eigenvalue weighted by Gasteiger charge is 2.39. The van der Waals surface area contributed by atoms with Gasteiger partial charge in [-0.15, -0.1) is 24.0 Å². The van der Waals surface area contributed by atoms with Crippen molar-refractivity contribution < 1.29 is 17.9 Å². The second kappa shape index (κ2) is 11.0. The van der Waals surface area contributed by atoms with E-state index < -0.39 is 11.9 Å². The third-order valence-electron chi connectivity index (χ3n) is 5.89. The van der Waals surface area contributed by atoms with E-state index in [-0.39, 0.29) is 41.6 Å². The number of aromatic nitrogens is 2. The minimum atomic E-state index is -4.47. The lowest BCUT2D eigenvalue weighted by Crippen LogP contribution is -2.60. The van der Waals surface area contributed by atoms with Crippen LogP contribution in [0, 0.1) is 0 Å². The molecule has 1 aliphatic heterocycles. The highest BCUT2D eigenvalue weighted by molar-refractivity contribution is 14.0. The van der Waals surface area contributed by atoms with Gasteiger partial charge in [0.25, 0.3) is 0 Å². The number of nitrogens with one attached hydrogen (secondary N) is 2. The first-order chi connectivity index (χ1) is 13.8. The van der Waals surface area contributed by atoms with Gasteiger partial charge in [0, 0.05) is 57.6 Å². The molecule has 172 valence electrons. The summed E-state index contributed by atoms with van der Waals surface area (Å²) in [6, 6.07) is 0. The lowest BCUT2D eigenvalue weighted by Gasteiger charge is -2.48. The van der Waals surface area contributed by atoms with E-state index in [1.807, 2.05) is 0 Å². The first-order valence-corrected chi connectivity index (χ1v) is 10.2. The molecule has 0 radical (unpaired) electrons. The normalized spacial score (nSPS) is 20.5. The predicted octanol–water partition coefficient (Wildman–Crippen LogP) is 2.76. The lowest BCUT2D eigenvalue weighted by molar-refractivity contribution is -0.142. The molecular formula is C19H32F3IN6O. The van der Waals surface area contributed by atoms with E-state index in [1.54, 1.807) is 7.05 Å². The molecule has 7 nitrogen and oxygen atoms in total. The third-order valence-corrected chi connectivity index (χ3v) is 5.89. The molecule has 1 saturated heterocycles. The summed E-state index contributed by atoms with van der Waals surface area (Å²) in [5.41, 5.74) is -0.714. The van der Waals surface area contributed by atoms with Gasteiger partial charge in [-0.1, -0.05) is 19.3 Å². The Morgan fingerprint density at radius 1 is 1.20 bits per heavy atom. The number of ether oxygens (including phenoxy) is 1. The van der Waals surface area contributed by atoms with E-state index >= 15 is 0 Å². The molecule has 2 heterocycles. The summed E-state index contributed by atoms with van der Waals surface area (Å²) >= 11 is 0. The summed E-state index contributed by atoms with van der Waals surface area (Å²) in [6.45, 7) is 4.04. The number of halogens is 4. The molecule has 0 aromatic carbocycles. The van der Waals surface area contributed by atoms with Crippen LogP contribution in [-0.2, 0) is 24.5 Å². The minimum Gasteiger partial charge on any atom is -0.379 e. The van der Waals surface area contributed by atoms with Crippen LogP contribution in [0.5, 0.6) is 0 Å². The number of nitrogens with zero attached hydrogens (tertiary/aromatic N) is 4. The van der Waals surface area contributed by atoms with E-state index in [1.165, 1.54) is 37.2 Å². The van der Waals surface area contributed by atoms with Gasteiger partial charge in [-0.25, -0.2) is 0 Å². The number of aliphatic imine (C=N–C) groups is 1. The Bertz CT molecular complexity index is 697. The second-order valence-electron chi connectivity index (χ2n) is 7.84. The average molecular weight is 544 g/mol. The van der Waals surface area contributed by atoms with Gasteiger partial charge < -0.3 is 15.4 Å². The molecule has 11 heteroatoms. The minimum absolute atomic E-state index is 0. The number of morpholine rings is 1. The average Bonchev–Trinajstić information content (AvgIpc) is 3.11. The maximum Gasteiger partial charge on any atom is 0.435 e. The van der Waals surface area contributed by atoms with Crippen LogP contribution in [-0.4, -0.2) is 66.1 Å². The molecule has 3 rings (SSSR count). The Morgan fingerprint density at radius 3 is 2.47 bits per heavy atom. The topological polar surface area (TPSA) is 66.7 Å². The van der Waals surface area contributed by atoms with Gasteiger partial charge in [0.15, 0.2) is 11.7 Å². The van der Waals surface area contributed by atoms with Gasteiger partial charge >= 0.3 is 6.18 Å². The maximum atomic E-state index is 13.2. The highest BCUT2D eigenvalue weighted by atomic mass is 127. The van der Waals surface area contributed by atoms with Gasteiger partial charge in [0.2, 0.25) is 0 Å². The molecule has 0 unspecified atom stereocenters. The van der Waals surface area contributed by atoms with Gasteiger partial charge in [-0.2, -0.15) is 18.3 Å². The molecule has 1 saturated carbocycles. The fourth-order valence-electron chi connectivity index (χ4n) is 4.41. The summed E-state index contributed by atoms with van der Waals surface area (Å²) < 4.78 is 46.1. The molecule has 0 amide bonds. The zero-order chi connectivity index (χ0) is 20.9. The Kier molecular flexibility index (Phi) is 9.22. The fraction of sp³-hybridized carbons (Fsp3) is 0.789. The number of rotatable bonds is 5. The predicted molar refractivity (Wildman–Crippen MR) is 120 cm³/mol. The molecule has 30 heavy (non-hydrogen) atoms. The Hall–Kier alpha value is -1.08. The molecule has 0 spiro atoms. The summed E-state index contributed by atoms with van der Waals surface area (Å²) in [4.78, 5) is 6.72. The van der Waals surface area contributed by atoms with Crippen LogP contribution in [0.4, 0.5) is 13.2 Å². The number of guanidine groups is 1. The van der Waals surface area contributed by atoms with E-state index in [4.69, 9.17) is 4.74 Å². The van der Waals surface area contributed by atoms with Crippen molar-refractivity contribution >= 4 is 29.9 Å². The maximum absolute atomic E-state index is 13.2. The zero-order valence-electron chi connectivity index (χ0n) is 17.6. The lowest BCUT2D eigenvalue weighted by atomic mass is 9.80. The number of alkyl halides is 3. The van der Waals surface area contributed by atoms with Crippen LogP contribution < -0.4 is 10.6 Å². The molecule has 1 aromatic rings. The quantitative estimate of drug-likeness (QED) is 0.339. The van der Waals surface area contributed by atoms with Crippen LogP contribution in [0.25, 0.3) is 0 Å². The van der Waals surface area contributed by atoms with E-state index in [2.05, 4.69) is 25.6 Å². The molecule has 2 fully saturated rings. The molecule has 2 N–H and O–H groups in total. The van der Waals surface area contributed by atoms with Crippen molar-refractivity contribution in [1.29, 1.82) is 0 Å². The molecule has 1 aliphatic carbocycles. The molecule has 0 atom stereocenters. The first kappa shape index (κ1) is 25.2. The summed E-state index contributed by atoms with van der Waals surface area (Å²) in [5, 5.41) is 9.92. The Balaban J connectivity index is 0.00000320. The van der Waals surface area contributed by atoms with Crippen molar-refractivity contribution in [3.63, 3.8) is 0 Å². The van der Waals surface area contributed by atoms with Crippen LogP contribution in [0.2, 0.25) is 0 Å². The van der Waals surface area contributed by atoms with Gasteiger partial charge in [-0.05, 0) is 12.8 Å². The Morgan fingerprint density at radius 2 is 1.87 bits per heavy atom. The molecule has 1 aromatic heterocycles. The van der Waals surface area contributed by atoms with Gasteiger partial charge in [0.05, 0.1) is 13.2 Å². The number of hydrogen-bond acceptors (Lipinski definition) is 4. The fourth-order valence-corrected chi connectivity index (χ4v) is 4.41. The largest absolute Gasteiger partial charge is 0.435 e. The van der Waals surface area contributed by atoms with Crippen molar-refractivity contribution in [2.24, 2.45) is 12.0 Å². The standard InChI is InChI=1S/C19H31F3N6O.HI/c1-23-17(24-12-15-13-27(2)26-16(15)19(20,21)22)25-14-18(6-4-3-5-7-18)28-8-10-29-11-9-28;/h13H,3-12,14H2,1-2H3,(H2,23,24,25);1H. The van der Waals surface area contributed by atoms with E-state index in [9.17, 15) is 13.2 Å². The van der Waals surface area contributed by atoms with Crippen molar-refractivity contribution in [3.05, 3.63) is 17.5 Å². The SMILES string of the molecule is CN=C(NCc1cn(C)nc1C(F)(F)F)NCC1(N2CCOCC2)CCCCC1.I. The second-order valence-corrected chi connectivity index (χ2v) is 7.84. The van der Waals surface area contributed by atoms with E-state index in [0.717, 1.165) is 39.1 Å². The third kappa shape index (κ3) is 6.22. The van der Waals surface area contributed by atoms with Gasteiger partial charge in [0.1, 0.15) is 0 Å².